The Kier molecular flexibility index (Phi) is 5.38. The van der Waals surface area contributed by atoms with Gasteiger partial charge in [0.25, 0.3) is 5.91 Å². The Morgan fingerprint density at radius 1 is 0.966 bits per heavy atom. The molecule has 1 heterocycles. The zero-order valence-corrected chi connectivity index (χ0v) is 17.0. The van der Waals surface area contributed by atoms with Gasteiger partial charge in [0.05, 0.1) is 34.6 Å². The van der Waals surface area contributed by atoms with Crippen LogP contribution < -0.4 is 10.1 Å². The molecule has 1 aromatic heterocycles. The van der Waals surface area contributed by atoms with Crippen molar-refractivity contribution in [1.82, 2.24) is 4.98 Å². The second-order valence-corrected chi connectivity index (χ2v) is 7.22. The maximum atomic E-state index is 13.1. The van der Waals surface area contributed by atoms with Gasteiger partial charge in [-0.2, -0.15) is 0 Å². The molecule has 1 N–H and O–H groups in total. The van der Waals surface area contributed by atoms with Gasteiger partial charge in [0.1, 0.15) is 5.75 Å². The summed E-state index contributed by atoms with van der Waals surface area (Å²) in [6.45, 7) is 0. The minimum atomic E-state index is -0.289. The van der Waals surface area contributed by atoms with Crippen molar-refractivity contribution in [3.8, 4) is 17.0 Å². The minimum absolute atomic E-state index is 0.289. The third kappa shape index (κ3) is 4.04. The normalized spacial score (nSPS) is 10.7. The Balaban J connectivity index is 1.79. The van der Waals surface area contributed by atoms with Crippen LogP contribution in [0.3, 0.4) is 0 Å². The van der Waals surface area contributed by atoms with Crippen molar-refractivity contribution >= 4 is 45.7 Å². The third-order valence-corrected chi connectivity index (χ3v) is 5.09. The van der Waals surface area contributed by atoms with Crippen LogP contribution in [-0.2, 0) is 0 Å². The largest absolute Gasteiger partial charge is 0.497 e. The number of ether oxygens (including phenoxy) is 1. The number of halogens is 2. The van der Waals surface area contributed by atoms with E-state index in [1.54, 1.807) is 31.4 Å². The first kappa shape index (κ1) is 19.2. The second-order valence-electron chi connectivity index (χ2n) is 6.38. The average Bonchev–Trinajstić information content (AvgIpc) is 2.75. The fourth-order valence-corrected chi connectivity index (χ4v) is 3.39. The van der Waals surface area contributed by atoms with Gasteiger partial charge in [0.2, 0.25) is 0 Å². The Hall–Kier alpha value is -3.08. The van der Waals surface area contributed by atoms with Crippen molar-refractivity contribution in [2.75, 3.05) is 12.4 Å². The summed E-state index contributed by atoms with van der Waals surface area (Å²) in [5.41, 5.74) is 3.25. The lowest BCUT2D eigenvalue weighted by Gasteiger charge is -2.12. The highest BCUT2D eigenvalue weighted by Crippen LogP contribution is 2.29. The van der Waals surface area contributed by atoms with E-state index >= 15 is 0 Å². The molecule has 0 radical (unpaired) electrons. The molecule has 0 aliphatic heterocycles. The number of pyridine rings is 1. The summed E-state index contributed by atoms with van der Waals surface area (Å²) in [7, 11) is 1.62. The number of fused-ring (bicyclic) bond motifs is 1. The third-order valence-electron chi connectivity index (χ3n) is 4.52. The number of anilines is 1. The molecule has 0 bridgehead atoms. The molecule has 29 heavy (non-hydrogen) atoms. The number of hydrogen-bond acceptors (Lipinski definition) is 3. The molecule has 0 unspecified atom stereocenters. The van der Waals surface area contributed by atoms with Gasteiger partial charge in [-0.15, -0.1) is 0 Å². The predicted molar refractivity (Wildman–Crippen MR) is 118 cm³/mol. The lowest BCUT2D eigenvalue weighted by atomic mass is 10.0. The number of amides is 1. The second kappa shape index (κ2) is 8.11. The summed E-state index contributed by atoms with van der Waals surface area (Å²) in [5, 5.41) is 4.51. The fraction of sp³-hybridized carbons (Fsp3) is 0.0435. The van der Waals surface area contributed by atoms with E-state index in [1.165, 1.54) is 0 Å². The highest BCUT2D eigenvalue weighted by atomic mass is 35.5. The summed E-state index contributed by atoms with van der Waals surface area (Å²) >= 11 is 12.2. The van der Waals surface area contributed by atoms with Crippen LogP contribution in [0.5, 0.6) is 5.75 Å². The molecule has 0 aliphatic rings. The fourth-order valence-electron chi connectivity index (χ4n) is 3.06. The van der Waals surface area contributed by atoms with Gasteiger partial charge in [-0.25, -0.2) is 4.98 Å². The summed E-state index contributed by atoms with van der Waals surface area (Å²) in [6.07, 6.45) is 0. The molecule has 6 heteroatoms. The molecule has 1 amide bonds. The lowest BCUT2D eigenvalue weighted by molar-refractivity contribution is 0.102. The Labute approximate surface area is 178 Å². The van der Waals surface area contributed by atoms with Crippen molar-refractivity contribution in [2.24, 2.45) is 0 Å². The van der Waals surface area contributed by atoms with E-state index in [4.69, 9.17) is 32.9 Å². The number of nitrogens with zero attached hydrogens (tertiary/aromatic N) is 1. The lowest BCUT2D eigenvalue weighted by Crippen LogP contribution is -2.13. The maximum Gasteiger partial charge on any atom is 0.256 e. The smallest absolute Gasteiger partial charge is 0.256 e. The molecular formula is C23H16Cl2N2O2. The number of para-hydroxylation sites is 1. The average molecular weight is 423 g/mol. The number of rotatable bonds is 4. The van der Waals surface area contributed by atoms with Crippen LogP contribution in [0.1, 0.15) is 10.4 Å². The van der Waals surface area contributed by atoms with Crippen LogP contribution in [-0.4, -0.2) is 18.0 Å². The van der Waals surface area contributed by atoms with Crippen molar-refractivity contribution in [1.29, 1.82) is 0 Å². The van der Waals surface area contributed by atoms with E-state index in [0.29, 0.717) is 27.0 Å². The van der Waals surface area contributed by atoms with Crippen LogP contribution in [0.25, 0.3) is 22.2 Å². The Morgan fingerprint density at radius 3 is 2.48 bits per heavy atom. The molecular weight excluding hydrogens is 407 g/mol. The molecule has 4 aromatic rings. The highest BCUT2D eigenvalue weighted by Gasteiger charge is 2.15. The van der Waals surface area contributed by atoms with Crippen LogP contribution in [0.4, 0.5) is 5.69 Å². The van der Waals surface area contributed by atoms with Crippen molar-refractivity contribution in [2.45, 2.75) is 0 Å². The molecule has 0 saturated carbocycles. The summed E-state index contributed by atoms with van der Waals surface area (Å²) in [6, 6.07) is 21.8. The van der Waals surface area contributed by atoms with Crippen LogP contribution >= 0.6 is 23.2 Å². The van der Waals surface area contributed by atoms with Gasteiger partial charge in [-0.1, -0.05) is 41.4 Å². The molecule has 4 nitrogen and oxygen atoms in total. The van der Waals surface area contributed by atoms with Crippen molar-refractivity contribution < 1.29 is 9.53 Å². The van der Waals surface area contributed by atoms with Gasteiger partial charge in [-0.05, 0) is 54.6 Å². The van der Waals surface area contributed by atoms with Gasteiger partial charge in [0.15, 0.2) is 0 Å². The van der Waals surface area contributed by atoms with Gasteiger partial charge in [-0.3, -0.25) is 4.79 Å². The molecule has 0 spiro atoms. The molecule has 4 rings (SSSR count). The number of nitrogens with one attached hydrogen (secondary N) is 1. The van der Waals surface area contributed by atoms with Gasteiger partial charge in [0, 0.05) is 16.0 Å². The van der Waals surface area contributed by atoms with Crippen LogP contribution in [0, 0.1) is 0 Å². The molecule has 144 valence electrons. The zero-order chi connectivity index (χ0) is 20.4. The monoisotopic (exact) mass is 422 g/mol. The SMILES string of the molecule is COc1ccc(-c2cc(C(=O)Nc3cc(Cl)ccc3Cl)c3ccccc3n2)cc1. The number of hydrogen-bond donors (Lipinski definition) is 1. The molecule has 0 fully saturated rings. The van der Waals surface area contributed by atoms with E-state index in [0.717, 1.165) is 22.2 Å². The quantitative estimate of drug-likeness (QED) is 0.409. The number of aromatic nitrogens is 1. The summed E-state index contributed by atoms with van der Waals surface area (Å²) < 4.78 is 5.22. The number of carbonyl (C=O) groups is 1. The Bertz CT molecular complexity index is 1210. The van der Waals surface area contributed by atoms with E-state index in [2.05, 4.69) is 5.32 Å². The van der Waals surface area contributed by atoms with Crippen molar-refractivity contribution in [3.63, 3.8) is 0 Å². The van der Waals surface area contributed by atoms with E-state index in [-0.39, 0.29) is 5.91 Å². The minimum Gasteiger partial charge on any atom is -0.497 e. The zero-order valence-electron chi connectivity index (χ0n) is 15.4. The maximum absolute atomic E-state index is 13.1. The summed E-state index contributed by atoms with van der Waals surface area (Å²) in [4.78, 5) is 17.8. The topological polar surface area (TPSA) is 51.2 Å². The number of carbonyl (C=O) groups excluding carboxylic acids is 1. The summed E-state index contributed by atoms with van der Waals surface area (Å²) in [5.74, 6) is 0.464. The molecule has 0 aliphatic carbocycles. The number of benzene rings is 3. The first-order valence-electron chi connectivity index (χ1n) is 8.86. The van der Waals surface area contributed by atoms with Crippen LogP contribution in [0.2, 0.25) is 10.0 Å². The first-order chi connectivity index (χ1) is 14.0. The van der Waals surface area contributed by atoms with E-state index in [9.17, 15) is 4.79 Å². The van der Waals surface area contributed by atoms with Gasteiger partial charge < -0.3 is 10.1 Å². The Morgan fingerprint density at radius 2 is 1.72 bits per heavy atom. The van der Waals surface area contributed by atoms with Gasteiger partial charge >= 0.3 is 0 Å². The first-order valence-corrected chi connectivity index (χ1v) is 9.61. The molecule has 3 aromatic carbocycles. The molecule has 0 atom stereocenters. The molecule has 0 saturated heterocycles. The van der Waals surface area contributed by atoms with E-state index in [1.807, 2.05) is 48.5 Å². The van der Waals surface area contributed by atoms with Crippen molar-refractivity contribution in [3.05, 3.63) is 88.4 Å². The predicted octanol–water partition coefficient (Wildman–Crippen LogP) is 6.47. The highest BCUT2D eigenvalue weighted by molar-refractivity contribution is 6.36. The van der Waals surface area contributed by atoms with Crippen LogP contribution in [0.15, 0.2) is 72.8 Å². The number of methoxy groups -OCH3 is 1. The van der Waals surface area contributed by atoms with E-state index < -0.39 is 0 Å². The standard InChI is InChI=1S/C23H16Cl2N2O2/c1-29-16-9-6-14(7-10-16)21-13-18(17-4-2-3-5-20(17)26-21)23(28)27-22-12-15(24)8-11-19(22)25/h2-13H,1H3,(H,27,28).